The molecule has 4 rings (SSSR count). The summed E-state index contributed by atoms with van der Waals surface area (Å²) in [7, 11) is 7.22. The van der Waals surface area contributed by atoms with Crippen LogP contribution in [0, 0.1) is 0 Å². The van der Waals surface area contributed by atoms with Gasteiger partial charge >= 0.3 is 0 Å². The third-order valence-electron chi connectivity index (χ3n) is 6.84. The summed E-state index contributed by atoms with van der Waals surface area (Å²) in [6.45, 7) is 0.150. The van der Waals surface area contributed by atoms with Gasteiger partial charge in [-0.2, -0.15) is 4.37 Å². The van der Waals surface area contributed by atoms with Gasteiger partial charge in [0.15, 0.2) is 17.2 Å². The van der Waals surface area contributed by atoms with Crippen molar-refractivity contribution in [2.45, 2.75) is 12.6 Å². The Kier molecular flexibility index (Phi) is 10.3. The van der Waals surface area contributed by atoms with Gasteiger partial charge in [-0.25, -0.2) is 0 Å². The number of rotatable bonds is 13. The van der Waals surface area contributed by atoms with E-state index in [9.17, 15) is 14.4 Å². The fourth-order valence-electron chi connectivity index (χ4n) is 4.65. The molecular weight excluding hydrogens is 602 g/mol. The molecule has 0 fully saturated rings. The maximum absolute atomic E-state index is 14.6. The lowest BCUT2D eigenvalue weighted by Gasteiger charge is -2.32. The summed E-state index contributed by atoms with van der Waals surface area (Å²) in [6, 6.07) is 15.8. The number of hydrogen-bond acceptors (Lipinski definition) is 11. The third kappa shape index (κ3) is 6.70. The van der Waals surface area contributed by atoms with Crippen molar-refractivity contribution in [2.75, 3.05) is 46.2 Å². The Labute approximate surface area is 263 Å². The highest BCUT2D eigenvalue weighted by molar-refractivity contribution is 7.09. The van der Waals surface area contributed by atoms with Crippen molar-refractivity contribution in [2.24, 2.45) is 5.73 Å². The molecule has 0 aliphatic rings. The maximum Gasteiger partial charge on any atom is 0.273 e. The largest absolute Gasteiger partial charge is 0.497 e. The zero-order valence-corrected chi connectivity index (χ0v) is 26.1. The molecule has 0 radical (unpaired) electrons. The predicted molar refractivity (Wildman–Crippen MR) is 169 cm³/mol. The summed E-state index contributed by atoms with van der Waals surface area (Å²) in [5, 5.41) is 2.93. The van der Waals surface area contributed by atoms with Crippen molar-refractivity contribution in [1.29, 1.82) is 0 Å². The lowest BCUT2D eigenvalue weighted by atomic mass is 10.0. The van der Waals surface area contributed by atoms with Crippen molar-refractivity contribution in [1.82, 2.24) is 9.69 Å². The highest BCUT2D eigenvalue weighted by Gasteiger charge is 2.38. The van der Waals surface area contributed by atoms with E-state index in [2.05, 4.69) is 9.69 Å². The minimum absolute atomic E-state index is 0.116. The number of methoxy groups -OCH3 is 5. The smallest absolute Gasteiger partial charge is 0.273 e. The van der Waals surface area contributed by atoms with Crippen molar-refractivity contribution < 1.29 is 38.1 Å². The Hall–Kier alpha value is -5.50. The summed E-state index contributed by atoms with van der Waals surface area (Å²) in [5.74, 6) is -0.816. The molecule has 0 unspecified atom stereocenters. The number of aromatic nitrogens is 1. The van der Waals surface area contributed by atoms with Crippen LogP contribution in [0.15, 0.2) is 60.7 Å². The number of nitrogens with zero attached hydrogens (tertiary/aromatic N) is 2. The Morgan fingerprint density at radius 1 is 0.867 bits per heavy atom. The van der Waals surface area contributed by atoms with Gasteiger partial charge in [-0.3, -0.25) is 19.3 Å². The van der Waals surface area contributed by atoms with E-state index < -0.39 is 23.8 Å². The van der Waals surface area contributed by atoms with Crippen LogP contribution in [0.1, 0.15) is 37.3 Å². The van der Waals surface area contributed by atoms with E-state index in [1.807, 2.05) is 30.3 Å². The molecule has 0 aliphatic carbocycles. The number of nitrogens with two attached hydrogens (primary N) is 2. The molecule has 0 bridgehead atoms. The van der Waals surface area contributed by atoms with E-state index in [0.29, 0.717) is 22.8 Å². The number of carbonyl (C=O) groups is 3. The summed E-state index contributed by atoms with van der Waals surface area (Å²) >= 11 is 0.679. The molecule has 45 heavy (non-hydrogen) atoms. The van der Waals surface area contributed by atoms with Gasteiger partial charge in [0.1, 0.15) is 22.4 Å². The van der Waals surface area contributed by atoms with Gasteiger partial charge in [0.05, 0.1) is 46.9 Å². The van der Waals surface area contributed by atoms with Gasteiger partial charge in [-0.1, -0.05) is 30.3 Å². The predicted octanol–water partition coefficient (Wildman–Crippen LogP) is 3.57. The van der Waals surface area contributed by atoms with E-state index in [1.54, 1.807) is 30.3 Å². The molecule has 236 valence electrons. The summed E-state index contributed by atoms with van der Waals surface area (Å²) in [6.07, 6.45) is 0. The second-order valence-corrected chi connectivity index (χ2v) is 10.2. The first-order valence-corrected chi connectivity index (χ1v) is 14.2. The second kappa shape index (κ2) is 14.3. The van der Waals surface area contributed by atoms with Crippen LogP contribution in [0.5, 0.6) is 28.7 Å². The number of primary amides is 1. The molecule has 0 spiro atoms. The Morgan fingerprint density at radius 2 is 1.51 bits per heavy atom. The van der Waals surface area contributed by atoms with Crippen LogP contribution in [-0.4, -0.2) is 57.6 Å². The second-order valence-electron chi connectivity index (χ2n) is 9.42. The molecule has 4 aromatic rings. The minimum Gasteiger partial charge on any atom is -0.497 e. The Bertz CT molecular complexity index is 1670. The molecule has 3 aromatic carbocycles. The zero-order valence-electron chi connectivity index (χ0n) is 25.3. The van der Waals surface area contributed by atoms with E-state index in [0.717, 1.165) is 5.56 Å². The molecular formula is C31H33N5O8S. The zero-order chi connectivity index (χ0) is 32.7. The number of amides is 3. The average Bonchev–Trinajstić information content (AvgIpc) is 3.46. The SMILES string of the molecule is COc1ccc(N(C(=O)c2snc(C(N)=O)c2N)[C@H](C(=O)NCc2ccccc2)c2cc(OC)c(OC)c(OC)c2)c(OC)c1. The first-order valence-electron chi connectivity index (χ1n) is 13.4. The number of benzene rings is 3. The lowest BCUT2D eigenvalue weighted by molar-refractivity contribution is -0.122. The summed E-state index contributed by atoms with van der Waals surface area (Å²) in [5.41, 5.74) is 12.5. The van der Waals surface area contributed by atoms with Crippen LogP contribution in [0.3, 0.4) is 0 Å². The molecule has 1 aromatic heterocycles. The number of ether oxygens (including phenoxy) is 5. The van der Waals surface area contributed by atoms with Gasteiger partial charge < -0.3 is 40.5 Å². The standard InChI is InChI=1S/C31H33N5O8S/c1-40-19-11-12-20(21(15-19)41-2)36(31(39)28-24(32)25(29(33)37)35-45-28)26(30(38)34-16-17-9-7-6-8-10-17)18-13-22(42-3)27(44-5)23(14-18)43-4/h6-15,26H,16,32H2,1-5H3,(H2,33,37)(H,34,38)/t26-/m0/s1. The number of carbonyl (C=O) groups excluding carboxylic acids is 3. The van der Waals surface area contributed by atoms with Gasteiger partial charge in [-0.15, -0.1) is 0 Å². The van der Waals surface area contributed by atoms with Crippen LogP contribution >= 0.6 is 11.5 Å². The highest BCUT2D eigenvalue weighted by Crippen LogP contribution is 2.44. The number of nitrogen functional groups attached to an aromatic ring is 1. The topological polar surface area (TPSA) is 178 Å². The first-order chi connectivity index (χ1) is 21.7. The van der Waals surface area contributed by atoms with Gasteiger partial charge in [-0.05, 0) is 46.9 Å². The maximum atomic E-state index is 14.6. The molecule has 3 amide bonds. The van der Waals surface area contributed by atoms with Gasteiger partial charge in [0.2, 0.25) is 11.7 Å². The van der Waals surface area contributed by atoms with E-state index >= 15 is 0 Å². The fourth-order valence-corrected chi connectivity index (χ4v) is 5.39. The van der Waals surface area contributed by atoms with Crippen LogP contribution in [0.25, 0.3) is 0 Å². The normalized spacial score (nSPS) is 11.2. The monoisotopic (exact) mass is 635 g/mol. The number of hydrogen-bond donors (Lipinski definition) is 3. The molecule has 0 saturated carbocycles. The Morgan fingerprint density at radius 3 is 2.04 bits per heavy atom. The molecule has 0 saturated heterocycles. The van der Waals surface area contributed by atoms with E-state index in [4.69, 9.17) is 35.2 Å². The van der Waals surface area contributed by atoms with Gasteiger partial charge in [0, 0.05) is 12.6 Å². The quantitative estimate of drug-likeness (QED) is 0.197. The van der Waals surface area contributed by atoms with Crippen molar-refractivity contribution in [3.8, 4) is 28.7 Å². The molecule has 5 N–H and O–H groups in total. The average molecular weight is 636 g/mol. The first kappa shape index (κ1) is 32.4. The Balaban J connectivity index is 2.00. The lowest BCUT2D eigenvalue weighted by Crippen LogP contribution is -2.44. The summed E-state index contributed by atoms with van der Waals surface area (Å²) < 4.78 is 31.7. The van der Waals surface area contributed by atoms with Crippen molar-refractivity contribution in [3.63, 3.8) is 0 Å². The molecule has 1 atom stereocenters. The third-order valence-corrected chi connectivity index (χ3v) is 7.69. The van der Waals surface area contributed by atoms with Crippen molar-refractivity contribution >= 4 is 40.6 Å². The molecule has 13 nitrogen and oxygen atoms in total. The summed E-state index contributed by atoms with van der Waals surface area (Å²) in [4.78, 5) is 42.0. The van der Waals surface area contributed by atoms with Crippen LogP contribution in [-0.2, 0) is 11.3 Å². The molecule has 14 heteroatoms. The highest BCUT2D eigenvalue weighted by atomic mass is 32.1. The fraction of sp³-hybridized carbons (Fsp3) is 0.226. The number of anilines is 2. The van der Waals surface area contributed by atoms with E-state index in [-0.39, 0.29) is 51.5 Å². The molecule has 0 aliphatic heterocycles. The van der Waals surface area contributed by atoms with Gasteiger partial charge in [0.25, 0.3) is 11.8 Å². The van der Waals surface area contributed by atoms with E-state index in [1.165, 1.54) is 40.4 Å². The van der Waals surface area contributed by atoms with Crippen LogP contribution in [0.4, 0.5) is 11.4 Å². The number of nitrogens with one attached hydrogen (secondary N) is 1. The van der Waals surface area contributed by atoms with Crippen molar-refractivity contribution in [3.05, 3.63) is 82.4 Å². The van der Waals surface area contributed by atoms with Crippen LogP contribution < -0.4 is 45.4 Å². The minimum atomic E-state index is -1.38. The molecule has 1 heterocycles. The van der Waals surface area contributed by atoms with Crippen LogP contribution in [0.2, 0.25) is 0 Å².